The maximum absolute atomic E-state index is 12.3. The number of carbonyl (C=O) groups is 1. The zero-order chi connectivity index (χ0) is 14.0. The van der Waals surface area contributed by atoms with Crippen LogP contribution in [-0.4, -0.2) is 24.5 Å². The van der Waals surface area contributed by atoms with Crippen LogP contribution in [0, 0.1) is 0 Å². The first-order chi connectivity index (χ1) is 8.91. The average Bonchev–Trinajstić information content (AvgIpc) is 2.86. The van der Waals surface area contributed by atoms with E-state index >= 15 is 0 Å². The van der Waals surface area contributed by atoms with Gasteiger partial charge in [0.25, 0.3) is 0 Å². The van der Waals surface area contributed by atoms with Crippen LogP contribution in [0.1, 0.15) is 49.5 Å². The van der Waals surface area contributed by atoms with Crippen LogP contribution in [-0.2, 0) is 10.2 Å². The van der Waals surface area contributed by atoms with Crippen LogP contribution in [0.3, 0.4) is 0 Å². The van der Waals surface area contributed by atoms with Gasteiger partial charge < -0.3 is 10.5 Å². The summed E-state index contributed by atoms with van der Waals surface area (Å²) in [6.45, 7) is 6.98. The minimum atomic E-state index is -0.311. The summed E-state index contributed by atoms with van der Waals surface area (Å²) < 4.78 is 5.65. The largest absolute Gasteiger partial charge is 0.366 e. The molecule has 1 aromatic rings. The molecular weight excluding hydrogens is 238 g/mol. The molecule has 0 aromatic heterocycles. The second-order valence-corrected chi connectivity index (χ2v) is 6.25. The third-order valence-corrected chi connectivity index (χ3v) is 3.70. The van der Waals surface area contributed by atoms with Crippen LogP contribution in [0.25, 0.3) is 0 Å². The van der Waals surface area contributed by atoms with Crippen molar-refractivity contribution in [2.75, 3.05) is 6.54 Å². The van der Waals surface area contributed by atoms with Crippen molar-refractivity contribution in [3.05, 3.63) is 35.4 Å². The highest BCUT2D eigenvalue weighted by atomic mass is 16.5. The van der Waals surface area contributed by atoms with Gasteiger partial charge in [-0.2, -0.15) is 0 Å². The molecule has 104 valence electrons. The molecule has 1 aromatic carbocycles. The lowest BCUT2D eigenvalue weighted by atomic mass is 9.86. The van der Waals surface area contributed by atoms with Crippen LogP contribution in [0.15, 0.2) is 24.3 Å². The van der Waals surface area contributed by atoms with Crippen LogP contribution in [0.4, 0.5) is 0 Å². The smallest absolute Gasteiger partial charge is 0.191 e. The number of carbonyl (C=O) groups excluding carboxylic acids is 1. The van der Waals surface area contributed by atoms with E-state index in [1.54, 1.807) is 0 Å². The van der Waals surface area contributed by atoms with Crippen molar-refractivity contribution in [3.8, 4) is 0 Å². The molecule has 2 N–H and O–H groups in total. The highest BCUT2D eigenvalue weighted by Gasteiger charge is 2.30. The summed E-state index contributed by atoms with van der Waals surface area (Å²) in [5.41, 5.74) is 7.64. The Bertz CT molecular complexity index is 445. The molecule has 19 heavy (non-hydrogen) atoms. The van der Waals surface area contributed by atoms with Gasteiger partial charge in [-0.1, -0.05) is 45.0 Å². The number of rotatable bonds is 3. The monoisotopic (exact) mass is 261 g/mol. The van der Waals surface area contributed by atoms with Crippen molar-refractivity contribution in [1.82, 2.24) is 0 Å². The molecule has 2 rings (SSSR count). The van der Waals surface area contributed by atoms with E-state index in [0.717, 1.165) is 18.4 Å². The van der Waals surface area contributed by atoms with Crippen molar-refractivity contribution in [3.63, 3.8) is 0 Å². The van der Waals surface area contributed by atoms with Gasteiger partial charge in [0.05, 0.1) is 6.10 Å². The standard InChI is InChI=1S/C16H23NO2/c1-16(2,3)12-6-4-11(5-7-12)15(18)14-9-8-13(10-17)19-14/h4-7,13-14H,8-10,17H2,1-3H3. The molecule has 2 unspecified atom stereocenters. The SMILES string of the molecule is CC(C)(C)c1ccc(C(=O)C2CCC(CN)O2)cc1. The minimum Gasteiger partial charge on any atom is -0.366 e. The van der Waals surface area contributed by atoms with E-state index in [1.165, 1.54) is 5.56 Å². The molecule has 1 saturated heterocycles. The predicted molar refractivity (Wildman–Crippen MR) is 76.4 cm³/mol. The molecule has 2 atom stereocenters. The summed E-state index contributed by atoms with van der Waals surface area (Å²) in [7, 11) is 0. The van der Waals surface area contributed by atoms with Gasteiger partial charge in [0.15, 0.2) is 5.78 Å². The fourth-order valence-electron chi connectivity index (χ4n) is 2.39. The molecule has 0 aliphatic carbocycles. The zero-order valence-electron chi connectivity index (χ0n) is 12.0. The third kappa shape index (κ3) is 3.23. The average molecular weight is 261 g/mol. The van der Waals surface area contributed by atoms with Crippen molar-refractivity contribution < 1.29 is 9.53 Å². The van der Waals surface area contributed by atoms with Crippen molar-refractivity contribution in [2.45, 2.75) is 51.2 Å². The van der Waals surface area contributed by atoms with Crippen LogP contribution in [0.5, 0.6) is 0 Å². The minimum absolute atomic E-state index is 0.0443. The van der Waals surface area contributed by atoms with Gasteiger partial charge in [0, 0.05) is 12.1 Å². The van der Waals surface area contributed by atoms with Gasteiger partial charge in [-0.25, -0.2) is 0 Å². The summed E-state index contributed by atoms with van der Waals surface area (Å²) in [4.78, 5) is 12.3. The van der Waals surface area contributed by atoms with E-state index < -0.39 is 0 Å². The first kappa shape index (κ1) is 14.2. The number of benzene rings is 1. The molecule has 3 nitrogen and oxygen atoms in total. The second kappa shape index (κ2) is 5.43. The van der Waals surface area contributed by atoms with Crippen LogP contribution in [0.2, 0.25) is 0 Å². The Morgan fingerprint density at radius 2 is 1.89 bits per heavy atom. The fourth-order valence-corrected chi connectivity index (χ4v) is 2.39. The molecule has 1 aliphatic heterocycles. The second-order valence-electron chi connectivity index (χ2n) is 6.25. The van der Waals surface area contributed by atoms with Gasteiger partial charge in [-0.05, 0) is 23.8 Å². The molecule has 0 saturated carbocycles. The summed E-state index contributed by atoms with van der Waals surface area (Å²) in [5, 5.41) is 0. The van der Waals surface area contributed by atoms with Gasteiger partial charge in [-0.15, -0.1) is 0 Å². The molecule has 1 fully saturated rings. The molecule has 0 spiro atoms. The van der Waals surface area contributed by atoms with Crippen molar-refractivity contribution >= 4 is 5.78 Å². The molecule has 0 bridgehead atoms. The maximum Gasteiger partial charge on any atom is 0.191 e. The first-order valence-electron chi connectivity index (χ1n) is 6.92. The number of ether oxygens (including phenoxy) is 1. The van der Waals surface area contributed by atoms with E-state index in [0.29, 0.717) is 6.54 Å². The van der Waals surface area contributed by atoms with E-state index in [1.807, 2.05) is 24.3 Å². The Morgan fingerprint density at radius 1 is 1.26 bits per heavy atom. The Labute approximate surface area is 115 Å². The lowest BCUT2D eigenvalue weighted by Gasteiger charge is -2.19. The Hall–Kier alpha value is -1.19. The Kier molecular flexibility index (Phi) is 4.07. The first-order valence-corrected chi connectivity index (χ1v) is 6.92. The predicted octanol–water partition coefficient (Wildman–Crippen LogP) is 2.67. The maximum atomic E-state index is 12.3. The van der Waals surface area contributed by atoms with Crippen molar-refractivity contribution in [1.29, 1.82) is 0 Å². The number of hydrogen-bond donors (Lipinski definition) is 1. The van der Waals surface area contributed by atoms with E-state index in [2.05, 4.69) is 20.8 Å². The normalized spacial score (nSPS) is 23.6. The lowest BCUT2D eigenvalue weighted by Crippen LogP contribution is -2.25. The molecule has 1 aliphatic rings. The topological polar surface area (TPSA) is 52.3 Å². The van der Waals surface area contributed by atoms with Gasteiger partial charge in [0.2, 0.25) is 0 Å². The van der Waals surface area contributed by atoms with Gasteiger partial charge in [-0.3, -0.25) is 4.79 Å². The molecule has 0 amide bonds. The number of nitrogens with two attached hydrogens (primary N) is 1. The summed E-state index contributed by atoms with van der Waals surface area (Å²) in [5.74, 6) is 0.0800. The highest BCUT2D eigenvalue weighted by molar-refractivity contribution is 5.99. The third-order valence-electron chi connectivity index (χ3n) is 3.70. The summed E-state index contributed by atoms with van der Waals surface area (Å²) in [6.07, 6.45) is 1.39. The number of ketones is 1. The van der Waals surface area contributed by atoms with Crippen molar-refractivity contribution in [2.24, 2.45) is 5.73 Å². The van der Waals surface area contributed by atoms with E-state index in [9.17, 15) is 4.79 Å². The van der Waals surface area contributed by atoms with Gasteiger partial charge in [0.1, 0.15) is 6.10 Å². The fraction of sp³-hybridized carbons (Fsp3) is 0.562. The zero-order valence-corrected chi connectivity index (χ0v) is 12.0. The molecular formula is C16H23NO2. The number of Topliss-reactive ketones (excluding diaryl/α,β-unsaturated/α-hetero) is 1. The van der Waals surface area contributed by atoms with E-state index in [4.69, 9.17) is 10.5 Å². The lowest BCUT2D eigenvalue weighted by molar-refractivity contribution is 0.0404. The Morgan fingerprint density at radius 3 is 2.37 bits per heavy atom. The van der Waals surface area contributed by atoms with Crippen LogP contribution < -0.4 is 5.73 Å². The molecule has 0 radical (unpaired) electrons. The summed E-state index contributed by atoms with van der Waals surface area (Å²) in [6, 6.07) is 7.87. The highest BCUT2D eigenvalue weighted by Crippen LogP contribution is 2.25. The quantitative estimate of drug-likeness (QED) is 0.851. The molecule has 3 heteroatoms. The summed E-state index contributed by atoms with van der Waals surface area (Å²) >= 11 is 0. The van der Waals surface area contributed by atoms with Crippen LogP contribution >= 0.6 is 0 Å². The Balaban J connectivity index is 2.08. The van der Waals surface area contributed by atoms with E-state index in [-0.39, 0.29) is 23.4 Å². The number of hydrogen-bond acceptors (Lipinski definition) is 3. The van der Waals surface area contributed by atoms with Gasteiger partial charge >= 0.3 is 0 Å². The molecule has 1 heterocycles.